The van der Waals surface area contributed by atoms with Gasteiger partial charge in [0.25, 0.3) is 5.91 Å². The molecule has 10 nitrogen and oxygen atoms in total. The summed E-state index contributed by atoms with van der Waals surface area (Å²) >= 11 is 0. The number of allylic oxidation sites excluding steroid dienone is 2. The Balaban J connectivity index is 1.71. The average molecular weight is 519 g/mol. The van der Waals surface area contributed by atoms with Crippen LogP contribution in [-0.2, 0) is 27.3 Å². The van der Waals surface area contributed by atoms with E-state index in [1.54, 1.807) is 6.07 Å². The van der Waals surface area contributed by atoms with E-state index < -0.39 is 52.0 Å². The maximum absolute atomic E-state index is 13.9. The number of hydrogen-bond donors (Lipinski definition) is 6. The number of nitrogens with one attached hydrogen (secondary N) is 1. The Morgan fingerprint density at radius 3 is 2.42 bits per heavy atom. The molecule has 2 amide bonds. The third kappa shape index (κ3) is 3.59. The molecule has 0 unspecified atom stereocenters. The van der Waals surface area contributed by atoms with Gasteiger partial charge < -0.3 is 31.5 Å². The molecule has 2 aromatic rings. The third-order valence-corrected chi connectivity index (χ3v) is 7.75. The molecule has 0 radical (unpaired) electrons. The molecule has 196 valence electrons. The minimum Gasteiger partial charge on any atom is -0.511 e. The summed E-state index contributed by atoms with van der Waals surface area (Å²) in [5.41, 5.74) is 3.69. The highest BCUT2D eigenvalue weighted by molar-refractivity contribution is 6.24. The SMILES string of the molecule is CC(=O)NCc1cc(-c2ccccc2)c2c(c1O)C(=O)C1=C(O)[C@]3(O)C(=O)C(C(N)=O)=C(O)C[C@@H]3C[C@@H]1C2. The zero-order valence-electron chi connectivity index (χ0n) is 20.4. The van der Waals surface area contributed by atoms with Gasteiger partial charge in [-0.05, 0) is 41.5 Å². The lowest BCUT2D eigenvalue weighted by Gasteiger charge is -2.45. The highest BCUT2D eigenvalue weighted by Crippen LogP contribution is 2.52. The zero-order valence-corrected chi connectivity index (χ0v) is 20.4. The van der Waals surface area contributed by atoms with Gasteiger partial charge in [0.15, 0.2) is 11.4 Å². The van der Waals surface area contributed by atoms with Crippen LogP contribution in [0.2, 0.25) is 0 Å². The predicted octanol–water partition coefficient (Wildman–Crippen LogP) is 1.88. The number of ketones is 2. The molecule has 0 fully saturated rings. The standard InChI is InChI=1S/C28H26N2O8/c1-12(31)30-11-15-9-17(13-5-3-2-4-6-13)18-8-14-7-16-10-19(32)22(27(29)37)26(36)28(16,38)25(35)20(14)24(34)21(18)23(15)33/h2-6,9,14,16,32-33,35,38H,7-8,10-11H2,1H3,(H2,29,37)(H,30,31)/t14-,16+,28+/m1/s1. The second-order valence-corrected chi connectivity index (χ2v) is 9.97. The fraction of sp³-hybridized carbons (Fsp3) is 0.286. The fourth-order valence-corrected chi connectivity index (χ4v) is 5.97. The largest absolute Gasteiger partial charge is 0.511 e. The first kappa shape index (κ1) is 25.2. The van der Waals surface area contributed by atoms with Crippen molar-refractivity contribution in [2.75, 3.05) is 0 Å². The normalized spacial score (nSPS) is 24.5. The minimum absolute atomic E-state index is 0.0472. The molecule has 5 rings (SSSR count). The second-order valence-electron chi connectivity index (χ2n) is 9.97. The number of hydrogen-bond acceptors (Lipinski definition) is 8. The quantitative estimate of drug-likeness (QED) is 0.331. The molecule has 0 spiro atoms. The number of aromatic hydroxyl groups is 1. The minimum atomic E-state index is -2.62. The van der Waals surface area contributed by atoms with Crippen LogP contribution in [0.1, 0.15) is 41.3 Å². The lowest BCUT2D eigenvalue weighted by Crippen LogP contribution is -2.57. The van der Waals surface area contributed by atoms with E-state index in [1.165, 1.54) is 6.92 Å². The molecule has 0 aromatic heterocycles. The topological polar surface area (TPSA) is 187 Å². The molecule has 3 aliphatic rings. The Labute approximate surface area is 217 Å². The van der Waals surface area contributed by atoms with Crippen molar-refractivity contribution in [3.8, 4) is 16.9 Å². The summed E-state index contributed by atoms with van der Waals surface area (Å²) < 4.78 is 0. The van der Waals surface area contributed by atoms with Gasteiger partial charge >= 0.3 is 0 Å². The second kappa shape index (κ2) is 8.84. The maximum Gasteiger partial charge on any atom is 0.255 e. The van der Waals surface area contributed by atoms with Crippen molar-refractivity contribution >= 4 is 23.4 Å². The van der Waals surface area contributed by atoms with Crippen LogP contribution in [0.4, 0.5) is 0 Å². The van der Waals surface area contributed by atoms with E-state index in [0.717, 1.165) is 5.56 Å². The van der Waals surface area contributed by atoms with Crippen LogP contribution in [0, 0.1) is 11.8 Å². The molecule has 0 saturated heterocycles. The van der Waals surface area contributed by atoms with E-state index in [-0.39, 0.29) is 54.2 Å². The van der Waals surface area contributed by atoms with E-state index >= 15 is 0 Å². The molecule has 0 heterocycles. The highest BCUT2D eigenvalue weighted by atomic mass is 16.3. The van der Waals surface area contributed by atoms with Crippen LogP contribution in [-0.4, -0.2) is 49.4 Å². The van der Waals surface area contributed by atoms with Gasteiger partial charge in [-0.2, -0.15) is 0 Å². The molecule has 3 atom stereocenters. The number of carbonyl (C=O) groups excluding carboxylic acids is 4. The van der Waals surface area contributed by atoms with Gasteiger partial charge in [-0.1, -0.05) is 30.3 Å². The Hall–Kier alpha value is -4.44. The number of aliphatic hydroxyl groups excluding tert-OH is 2. The van der Waals surface area contributed by atoms with Crippen molar-refractivity contribution in [1.29, 1.82) is 0 Å². The number of carbonyl (C=O) groups is 4. The molecule has 2 aromatic carbocycles. The van der Waals surface area contributed by atoms with Gasteiger partial charge in [0.2, 0.25) is 11.7 Å². The molecule has 0 saturated carbocycles. The summed E-state index contributed by atoms with van der Waals surface area (Å²) in [6.45, 7) is 1.26. The molecule has 38 heavy (non-hydrogen) atoms. The summed E-state index contributed by atoms with van der Waals surface area (Å²) in [7, 11) is 0. The number of amides is 2. The number of Topliss-reactive ketones (excluding diaryl/α,β-unsaturated/α-hetero) is 2. The number of rotatable bonds is 4. The lowest BCUT2D eigenvalue weighted by atomic mass is 9.60. The molecule has 7 N–H and O–H groups in total. The first-order chi connectivity index (χ1) is 18.0. The molecule has 10 heteroatoms. The first-order valence-corrected chi connectivity index (χ1v) is 12.1. The van der Waals surface area contributed by atoms with E-state index in [4.69, 9.17) is 5.73 Å². The molecule has 3 aliphatic carbocycles. The molecular formula is C28H26N2O8. The van der Waals surface area contributed by atoms with Crippen molar-refractivity contribution in [1.82, 2.24) is 5.32 Å². The Kier molecular flexibility index (Phi) is 5.87. The summed E-state index contributed by atoms with van der Waals surface area (Å²) in [6, 6.07) is 10.9. The number of nitrogens with two attached hydrogens (primary N) is 1. The number of phenolic OH excluding ortho intramolecular Hbond substituents is 1. The van der Waals surface area contributed by atoms with Crippen molar-refractivity contribution in [2.45, 2.75) is 38.3 Å². The van der Waals surface area contributed by atoms with Gasteiger partial charge in [0, 0.05) is 36.9 Å². The van der Waals surface area contributed by atoms with Crippen LogP contribution in [0.5, 0.6) is 5.75 Å². The monoisotopic (exact) mass is 518 g/mol. The van der Waals surface area contributed by atoms with Crippen molar-refractivity contribution in [3.05, 3.63) is 75.8 Å². The Morgan fingerprint density at radius 2 is 1.79 bits per heavy atom. The Morgan fingerprint density at radius 1 is 1.11 bits per heavy atom. The van der Waals surface area contributed by atoms with Crippen LogP contribution in [0.25, 0.3) is 11.1 Å². The maximum atomic E-state index is 13.9. The van der Waals surface area contributed by atoms with Gasteiger partial charge in [0.1, 0.15) is 22.8 Å². The number of benzene rings is 2. The summed E-state index contributed by atoms with van der Waals surface area (Å²) in [6.07, 6.45) is -0.0556. The smallest absolute Gasteiger partial charge is 0.255 e. The summed E-state index contributed by atoms with van der Waals surface area (Å²) in [5.74, 6) is -7.13. The third-order valence-electron chi connectivity index (χ3n) is 7.75. The van der Waals surface area contributed by atoms with Crippen molar-refractivity contribution in [2.24, 2.45) is 17.6 Å². The zero-order chi connectivity index (χ0) is 27.5. The number of primary amides is 1. The van der Waals surface area contributed by atoms with Gasteiger partial charge in [-0.15, -0.1) is 0 Å². The average Bonchev–Trinajstić information content (AvgIpc) is 2.86. The summed E-state index contributed by atoms with van der Waals surface area (Å²) in [4.78, 5) is 50.4. The lowest BCUT2D eigenvalue weighted by molar-refractivity contribution is -0.144. The van der Waals surface area contributed by atoms with E-state index in [1.807, 2.05) is 30.3 Å². The van der Waals surface area contributed by atoms with E-state index in [0.29, 0.717) is 11.1 Å². The molecule has 0 bridgehead atoms. The van der Waals surface area contributed by atoms with Crippen molar-refractivity contribution in [3.63, 3.8) is 0 Å². The van der Waals surface area contributed by atoms with Crippen LogP contribution in [0.15, 0.2) is 59.1 Å². The molecular weight excluding hydrogens is 492 g/mol. The van der Waals surface area contributed by atoms with Crippen LogP contribution >= 0.6 is 0 Å². The summed E-state index contributed by atoms with van der Waals surface area (Å²) in [5, 5.41) is 46.7. The van der Waals surface area contributed by atoms with E-state index in [9.17, 15) is 39.6 Å². The highest BCUT2D eigenvalue weighted by Gasteiger charge is 2.59. The van der Waals surface area contributed by atoms with Gasteiger partial charge in [0.05, 0.1) is 5.56 Å². The predicted molar refractivity (Wildman–Crippen MR) is 134 cm³/mol. The van der Waals surface area contributed by atoms with Gasteiger partial charge in [-0.25, -0.2) is 0 Å². The van der Waals surface area contributed by atoms with Crippen LogP contribution in [0.3, 0.4) is 0 Å². The fourth-order valence-electron chi connectivity index (χ4n) is 5.97. The molecule has 0 aliphatic heterocycles. The number of aliphatic hydroxyl groups is 3. The number of fused-ring (bicyclic) bond motifs is 3. The van der Waals surface area contributed by atoms with E-state index in [2.05, 4.69) is 5.32 Å². The number of phenols is 1. The Bertz CT molecular complexity index is 1490. The first-order valence-electron chi connectivity index (χ1n) is 12.1. The van der Waals surface area contributed by atoms with Gasteiger partial charge in [-0.3, -0.25) is 19.2 Å². The van der Waals surface area contributed by atoms with Crippen molar-refractivity contribution < 1.29 is 39.6 Å². The van der Waals surface area contributed by atoms with Crippen LogP contribution < -0.4 is 11.1 Å².